The van der Waals surface area contributed by atoms with E-state index in [4.69, 9.17) is 13.9 Å². The largest absolute Gasteiger partial charge is 0.508 e. The van der Waals surface area contributed by atoms with Crippen molar-refractivity contribution >= 4 is 11.0 Å². The maximum Gasteiger partial charge on any atom is 0.239 e. The van der Waals surface area contributed by atoms with Crippen molar-refractivity contribution in [1.82, 2.24) is 0 Å². The average molecular weight is 434 g/mol. The Balaban J connectivity index is 1.92. The van der Waals surface area contributed by atoms with E-state index >= 15 is 0 Å². The summed E-state index contributed by atoms with van der Waals surface area (Å²) in [5.74, 6) is -2.79. The molecular formula is C20H18O11. The summed E-state index contributed by atoms with van der Waals surface area (Å²) in [5, 5.41) is 68.6. The average Bonchev–Trinajstić information content (AvgIpc) is 2.71. The van der Waals surface area contributed by atoms with E-state index in [2.05, 4.69) is 0 Å². The number of aliphatic hydroxyl groups is 3. The highest BCUT2D eigenvalue weighted by Gasteiger charge is 2.40. The van der Waals surface area contributed by atoms with E-state index in [9.17, 15) is 40.5 Å². The van der Waals surface area contributed by atoms with Crippen LogP contribution in [0.2, 0.25) is 0 Å². The van der Waals surface area contributed by atoms with Crippen LogP contribution >= 0.6 is 0 Å². The number of phenolic OH excluding ortho intramolecular Hbond substituents is 4. The number of hydrogen-bond donors (Lipinski definition) is 7. The van der Waals surface area contributed by atoms with Gasteiger partial charge in [0.2, 0.25) is 17.5 Å². The molecule has 0 unspecified atom stereocenters. The molecule has 1 aromatic heterocycles. The molecule has 1 saturated heterocycles. The van der Waals surface area contributed by atoms with Crippen LogP contribution in [0, 0.1) is 0 Å². The first-order valence-corrected chi connectivity index (χ1v) is 9.05. The lowest BCUT2D eigenvalue weighted by molar-refractivity contribution is -0.242. The standard InChI is InChI=1S/C20H18O11/c21-8-4-11(24)14-13(5-8)30-18(7-1-2-9(22)10(23)3-7)19(16(14)27)31-20-17(28)15(26)12(25)6-29-20/h1-5,12,15,17,20-26,28H,6H2/t12-,15+,17-,20+/m1/s1. The van der Waals surface area contributed by atoms with Crippen molar-refractivity contribution in [2.75, 3.05) is 6.61 Å². The second kappa shape index (κ2) is 7.63. The number of fused-ring (bicyclic) bond motifs is 1. The molecule has 0 spiro atoms. The Labute approximate surface area is 173 Å². The third-order valence-electron chi connectivity index (χ3n) is 4.84. The van der Waals surface area contributed by atoms with Crippen LogP contribution in [0.5, 0.6) is 28.7 Å². The van der Waals surface area contributed by atoms with Crippen LogP contribution in [-0.2, 0) is 4.74 Å². The molecule has 2 heterocycles. The van der Waals surface area contributed by atoms with Crippen molar-refractivity contribution in [3.8, 4) is 40.1 Å². The number of aromatic hydroxyl groups is 4. The van der Waals surface area contributed by atoms with Crippen LogP contribution in [0.4, 0.5) is 0 Å². The lowest BCUT2D eigenvalue weighted by atomic mass is 10.1. The number of rotatable bonds is 3. The molecule has 31 heavy (non-hydrogen) atoms. The summed E-state index contributed by atoms with van der Waals surface area (Å²) in [6, 6.07) is 5.50. The summed E-state index contributed by atoms with van der Waals surface area (Å²) in [6.07, 6.45) is -6.29. The third kappa shape index (κ3) is 3.59. The fourth-order valence-corrected chi connectivity index (χ4v) is 3.23. The van der Waals surface area contributed by atoms with E-state index in [0.717, 1.165) is 24.3 Å². The minimum atomic E-state index is -1.73. The van der Waals surface area contributed by atoms with Gasteiger partial charge in [0.25, 0.3) is 0 Å². The molecule has 11 heteroatoms. The molecule has 3 aromatic rings. The zero-order valence-corrected chi connectivity index (χ0v) is 15.7. The molecule has 1 fully saturated rings. The smallest absolute Gasteiger partial charge is 0.239 e. The first-order valence-electron chi connectivity index (χ1n) is 9.05. The van der Waals surface area contributed by atoms with E-state index in [1.165, 1.54) is 6.07 Å². The number of benzene rings is 2. The summed E-state index contributed by atoms with van der Waals surface area (Å²) < 4.78 is 16.3. The summed E-state index contributed by atoms with van der Waals surface area (Å²) >= 11 is 0. The highest BCUT2D eigenvalue weighted by Crippen LogP contribution is 2.39. The maximum atomic E-state index is 13.1. The highest BCUT2D eigenvalue weighted by atomic mass is 16.7. The monoisotopic (exact) mass is 434 g/mol. The van der Waals surface area contributed by atoms with Crippen LogP contribution < -0.4 is 10.2 Å². The molecule has 2 aromatic carbocycles. The predicted octanol–water partition coefficient (Wildman–Crippen LogP) is 0.100. The van der Waals surface area contributed by atoms with E-state index in [0.29, 0.717) is 0 Å². The van der Waals surface area contributed by atoms with Crippen molar-refractivity contribution < 1.29 is 49.6 Å². The van der Waals surface area contributed by atoms with Crippen LogP contribution in [0.1, 0.15) is 0 Å². The molecule has 1 aliphatic heterocycles. The summed E-state index contributed by atoms with van der Waals surface area (Å²) in [6.45, 7) is -0.393. The summed E-state index contributed by atoms with van der Waals surface area (Å²) in [7, 11) is 0. The van der Waals surface area contributed by atoms with Gasteiger partial charge >= 0.3 is 0 Å². The second-order valence-electron chi connectivity index (χ2n) is 7.00. The molecule has 4 rings (SSSR count). The Bertz CT molecular complexity index is 1200. The molecule has 0 amide bonds. The van der Waals surface area contributed by atoms with Crippen LogP contribution in [0.3, 0.4) is 0 Å². The highest BCUT2D eigenvalue weighted by molar-refractivity contribution is 5.88. The normalized spacial score (nSPS) is 23.7. The van der Waals surface area contributed by atoms with E-state index in [1.54, 1.807) is 0 Å². The number of aliphatic hydroxyl groups excluding tert-OH is 3. The van der Waals surface area contributed by atoms with Gasteiger partial charge in [0.05, 0.1) is 6.61 Å². The molecule has 4 atom stereocenters. The lowest BCUT2D eigenvalue weighted by Gasteiger charge is -2.34. The zero-order chi connectivity index (χ0) is 22.4. The molecular weight excluding hydrogens is 416 g/mol. The Morgan fingerprint density at radius 2 is 1.65 bits per heavy atom. The van der Waals surface area contributed by atoms with Gasteiger partial charge < -0.3 is 49.6 Å². The van der Waals surface area contributed by atoms with Gasteiger partial charge in [0.15, 0.2) is 17.3 Å². The number of ether oxygens (including phenoxy) is 2. The maximum absolute atomic E-state index is 13.1. The first-order chi connectivity index (χ1) is 14.7. The van der Waals surface area contributed by atoms with Gasteiger partial charge in [0, 0.05) is 17.7 Å². The van der Waals surface area contributed by atoms with Crippen LogP contribution in [0.25, 0.3) is 22.3 Å². The van der Waals surface area contributed by atoms with Gasteiger partial charge in [-0.1, -0.05) is 0 Å². The Hall–Kier alpha value is -3.51. The molecule has 0 radical (unpaired) electrons. The molecule has 164 valence electrons. The van der Waals surface area contributed by atoms with Crippen molar-refractivity contribution in [2.24, 2.45) is 0 Å². The van der Waals surface area contributed by atoms with E-state index in [-0.39, 0.29) is 28.0 Å². The molecule has 0 saturated carbocycles. The number of phenols is 4. The van der Waals surface area contributed by atoms with Crippen LogP contribution in [-0.4, -0.2) is 67.0 Å². The fraction of sp³-hybridized carbons (Fsp3) is 0.250. The van der Waals surface area contributed by atoms with Crippen molar-refractivity contribution in [2.45, 2.75) is 24.6 Å². The van der Waals surface area contributed by atoms with Gasteiger partial charge in [-0.05, 0) is 18.2 Å². The first kappa shape index (κ1) is 20.8. The van der Waals surface area contributed by atoms with Gasteiger partial charge in [-0.2, -0.15) is 0 Å². The lowest BCUT2D eigenvalue weighted by Crippen LogP contribution is -2.55. The van der Waals surface area contributed by atoms with Crippen molar-refractivity contribution in [1.29, 1.82) is 0 Å². The van der Waals surface area contributed by atoms with E-state index < -0.39 is 59.6 Å². The molecule has 1 aliphatic rings. The minimum Gasteiger partial charge on any atom is -0.508 e. The quantitative estimate of drug-likeness (QED) is 0.277. The van der Waals surface area contributed by atoms with Crippen molar-refractivity contribution in [3.63, 3.8) is 0 Å². The Kier molecular flexibility index (Phi) is 5.11. The predicted molar refractivity (Wildman–Crippen MR) is 103 cm³/mol. The molecule has 7 N–H and O–H groups in total. The van der Waals surface area contributed by atoms with Gasteiger partial charge in [0.1, 0.15) is 40.8 Å². The molecule has 0 aliphatic carbocycles. The third-order valence-corrected chi connectivity index (χ3v) is 4.84. The fourth-order valence-electron chi connectivity index (χ4n) is 3.23. The van der Waals surface area contributed by atoms with Gasteiger partial charge in [-0.3, -0.25) is 4.79 Å². The van der Waals surface area contributed by atoms with Crippen molar-refractivity contribution in [3.05, 3.63) is 40.6 Å². The molecule has 11 nitrogen and oxygen atoms in total. The SMILES string of the molecule is O=c1c(O[C@@H]2OC[C@@H](O)[C@H](O)[C@H]2O)c(-c2ccc(O)c(O)c2)oc2cc(O)cc(O)c12. The summed E-state index contributed by atoms with van der Waals surface area (Å²) in [5.41, 5.74) is -1.05. The Morgan fingerprint density at radius 1 is 0.903 bits per heavy atom. The van der Waals surface area contributed by atoms with E-state index in [1.807, 2.05) is 0 Å². The minimum absolute atomic E-state index is 0.0676. The van der Waals surface area contributed by atoms with Crippen LogP contribution in [0.15, 0.2) is 39.5 Å². The Morgan fingerprint density at radius 3 is 2.35 bits per heavy atom. The topological polar surface area (TPSA) is 190 Å². The second-order valence-corrected chi connectivity index (χ2v) is 7.00. The summed E-state index contributed by atoms with van der Waals surface area (Å²) in [4.78, 5) is 13.1. The van der Waals surface area contributed by atoms with Gasteiger partial charge in [-0.15, -0.1) is 0 Å². The molecule has 0 bridgehead atoms. The van der Waals surface area contributed by atoms with Gasteiger partial charge in [-0.25, -0.2) is 0 Å². The number of hydrogen-bond acceptors (Lipinski definition) is 11. The zero-order valence-electron chi connectivity index (χ0n) is 15.7.